The second kappa shape index (κ2) is 12.9. The topological polar surface area (TPSA) is 73.9 Å². The van der Waals surface area contributed by atoms with Gasteiger partial charge in [-0.2, -0.15) is 0 Å². The standard InChI is InChI=1S/C28H27ClN4O3S/c29-24-19-22(30-28(37)31-26(34)20-36-23-9-5-2-6-10-23)12-13-25(24)32-15-17-33(18-16-32)27(35)14-11-21-7-3-1-4-8-21/h1-14,19H,15-18,20H2,(H2,30,31,34,37)/b14-11+. The Morgan fingerprint density at radius 2 is 1.62 bits per heavy atom. The maximum Gasteiger partial charge on any atom is 0.264 e. The van der Waals surface area contributed by atoms with E-state index in [0.717, 1.165) is 11.3 Å². The van der Waals surface area contributed by atoms with Crippen molar-refractivity contribution in [1.29, 1.82) is 0 Å². The lowest BCUT2D eigenvalue weighted by molar-refractivity contribution is -0.126. The molecule has 0 spiro atoms. The van der Waals surface area contributed by atoms with Crippen molar-refractivity contribution >= 4 is 58.2 Å². The molecule has 0 bridgehead atoms. The Kier molecular flexibility index (Phi) is 9.13. The van der Waals surface area contributed by atoms with Crippen LogP contribution in [-0.4, -0.2) is 54.6 Å². The molecule has 1 fully saturated rings. The van der Waals surface area contributed by atoms with Crippen molar-refractivity contribution in [1.82, 2.24) is 10.2 Å². The molecule has 4 rings (SSSR count). The maximum atomic E-state index is 12.6. The Labute approximate surface area is 226 Å². The summed E-state index contributed by atoms with van der Waals surface area (Å²) in [7, 11) is 0. The summed E-state index contributed by atoms with van der Waals surface area (Å²) in [5.41, 5.74) is 2.53. The van der Waals surface area contributed by atoms with E-state index in [9.17, 15) is 9.59 Å². The largest absolute Gasteiger partial charge is 0.484 e. The number of benzene rings is 3. The number of rotatable bonds is 7. The fourth-order valence-corrected chi connectivity index (χ4v) is 4.37. The van der Waals surface area contributed by atoms with E-state index in [1.165, 1.54) is 0 Å². The van der Waals surface area contributed by atoms with Crippen molar-refractivity contribution < 1.29 is 14.3 Å². The van der Waals surface area contributed by atoms with E-state index in [1.54, 1.807) is 24.3 Å². The number of thiocarbonyl (C=S) groups is 1. The SMILES string of the molecule is O=C(COc1ccccc1)NC(=S)Nc1ccc(N2CCN(C(=O)/C=C/c3ccccc3)CC2)c(Cl)c1. The molecule has 1 aliphatic rings. The summed E-state index contributed by atoms with van der Waals surface area (Å²) in [6.45, 7) is 2.41. The zero-order valence-corrected chi connectivity index (χ0v) is 21.7. The Morgan fingerprint density at radius 3 is 2.30 bits per heavy atom. The number of amides is 2. The number of halogens is 1. The number of hydrogen-bond donors (Lipinski definition) is 2. The summed E-state index contributed by atoms with van der Waals surface area (Å²) in [4.78, 5) is 28.6. The van der Waals surface area contributed by atoms with Gasteiger partial charge in [0.2, 0.25) is 5.91 Å². The first-order valence-corrected chi connectivity index (χ1v) is 12.6. The molecule has 1 aliphatic heterocycles. The molecule has 9 heteroatoms. The van der Waals surface area contributed by atoms with Crippen molar-refractivity contribution in [3.05, 3.63) is 95.5 Å². The normalized spacial score (nSPS) is 13.3. The predicted octanol–water partition coefficient (Wildman–Crippen LogP) is 4.59. The van der Waals surface area contributed by atoms with Gasteiger partial charge in [0.15, 0.2) is 11.7 Å². The van der Waals surface area contributed by atoms with Crippen LogP contribution in [0.25, 0.3) is 6.08 Å². The number of ether oxygens (including phenoxy) is 1. The average molecular weight is 535 g/mol. The lowest BCUT2D eigenvalue weighted by atomic mass is 10.2. The lowest BCUT2D eigenvalue weighted by Gasteiger charge is -2.36. The Hall–Kier alpha value is -3.88. The van der Waals surface area contributed by atoms with Gasteiger partial charge in [-0.1, -0.05) is 60.1 Å². The smallest absolute Gasteiger partial charge is 0.264 e. The highest BCUT2D eigenvalue weighted by atomic mass is 35.5. The lowest BCUT2D eigenvalue weighted by Crippen LogP contribution is -2.48. The molecule has 37 heavy (non-hydrogen) atoms. The zero-order chi connectivity index (χ0) is 26.0. The molecule has 190 valence electrons. The van der Waals surface area contributed by atoms with Gasteiger partial charge in [-0.3, -0.25) is 14.9 Å². The van der Waals surface area contributed by atoms with E-state index in [4.69, 9.17) is 28.6 Å². The van der Waals surface area contributed by atoms with Crippen molar-refractivity contribution in [3.8, 4) is 5.75 Å². The summed E-state index contributed by atoms with van der Waals surface area (Å²) in [5.74, 6) is 0.238. The summed E-state index contributed by atoms with van der Waals surface area (Å²) < 4.78 is 5.42. The number of hydrogen-bond acceptors (Lipinski definition) is 5. The van der Waals surface area contributed by atoms with Gasteiger partial charge in [-0.25, -0.2) is 0 Å². The Morgan fingerprint density at radius 1 is 0.946 bits per heavy atom. The van der Waals surface area contributed by atoms with E-state index in [0.29, 0.717) is 42.6 Å². The van der Waals surface area contributed by atoms with Crippen LogP contribution in [0.1, 0.15) is 5.56 Å². The van der Waals surface area contributed by atoms with E-state index in [1.807, 2.05) is 71.6 Å². The maximum absolute atomic E-state index is 12.6. The second-order valence-electron chi connectivity index (χ2n) is 8.33. The van der Waals surface area contributed by atoms with Crippen molar-refractivity contribution in [2.45, 2.75) is 0 Å². The van der Waals surface area contributed by atoms with Crippen LogP contribution in [0.4, 0.5) is 11.4 Å². The van der Waals surface area contributed by atoms with E-state index in [-0.39, 0.29) is 23.5 Å². The number of nitrogens with zero attached hydrogens (tertiary/aromatic N) is 2. The third kappa shape index (κ3) is 7.80. The number of piperazine rings is 1. The quantitative estimate of drug-likeness (QED) is 0.341. The predicted molar refractivity (Wildman–Crippen MR) is 152 cm³/mol. The first-order valence-electron chi connectivity index (χ1n) is 11.8. The fourth-order valence-electron chi connectivity index (χ4n) is 3.84. The third-order valence-electron chi connectivity index (χ3n) is 5.72. The van der Waals surface area contributed by atoms with Crippen LogP contribution in [0.2, 0.25) is 5.02 Å². The van der Waals surface area contributed by atoms with Crippen molar-refractivity contribution in [2.75, 3.05) is 43.0 Å². The van der Waals surface area contributed by atoms with Crippen molar-refractivity contribution in [3.63, 3.8) is 0 Å². The molecule has 2 amide bonds. The number of anilines is 2. The van der Waals surface area contributed by atoms with Crippen LogP contribution in [-0.2, 0) is 9.59 Å². The molecule has 0 unspecified atom stereocenters. The molecule has 3 aromatic rings. The van der Waals surface area contributed by atoms with Crippen LogP contribution < -0.4 is 20.3 Å². The first-order chi connectivity index (χ1) is 18.0. The number of carbonyl (C=O) groups excluding carboxylic acids is 2. The van der Waals surface area contributed by atoms with Crippen LogP contribution in [0.15, 0.2) is 84.9 Å². The Balaban J connectivity index is 1.24. The molecule has 3 aromatic carbocycles. The molecular formula is C28H27ClN4O3S. The molecule has 0 aliphatic carbocycles. The zero-order valence-electron chi connectivity index (χ0n) is 20.1. The van der Waals surface area contributed by atoms with Crippen LogP contribution in [0.5, 0.6) is 5.75 Å². The molecule has 0 aromatic heterocycles. The Bertz CT molecular complexity index is 1260. The third-order valence-corrected chi connectivity index (χ3v) is 6.23. The summed E-state index contributed by atoms with van der Waals surface area (Å²) >= 11 is 11.8. The fraction of sp³-hybridized carbons (Fsp3) is 0.179. The molecule has 0 saturated carbocycles. The minimum atomic E-state index is -0.366. The molecule has 0 radical (unpaired) electrons. The van der Waals surface area contributed by atoms with Gasteiger partial charge in [-0.05, 0) is 54.2 Å². The second-order valence-corrected chi connectivity index (χ2v) is 9.14. The molecule has 1 saturated heterocycles. The van der Waals surface area contributed by atoms with Gasteiger partial charge in [0.1, 0.15) is 5.75 Å². The van der Waals surface area contributed by atoms with Gasteiger partial charge >= 0.3 is 0 Å². The minimum absolute atomic E-state index is 0.00104. The van der Waals surface area contributed by atoms with Gasteiger partial charge in [0, 0.05) is 37.9 Å². The molecular weight excluding hydrogens is 508 g/mol. The minimum Gasteiger partial charge on any atom is -0.484 e. The summed E-state index contributed by atoms with van der Waals surface area (Å²) in [5, 5.41) is 6.27. The van der Waals surface area contributed by atoms with Gasteiger partial charge in [0.05, 0.1) is 10.7 Å². The highest BCUT2D eigenvalue weighted by molar-refractivity contribution is 7.80. The van der Waals surface area contributed by atoms with E-state index < -0.39 is 0 Å². The average Bonchev–Trinajstić information content (AvgIpc) is 2.92. The number of carbonyl (C=O) groups is 2. The molecule has 0 atom stereocenters. The van der Waals surface area contributed by atoms with E-state index >= 15 is 0 Å². The summed E-state index contributed by atoms with van der Waals surface area (Å²) in [6, 6.07) is 24.3. The highest BCUT2D eigenvalue weighted by Crippen LogP contribution is 2.29. The molecule has 7 nitrogen and oxygen atoms in total. The highest BCUT2D eigenvalue weighted by Gasteiger charge is 2.21. The van der Waals surface area contributed by atoms with Gasteiger partial charge in [0.25, 0.3) is 5.91 Å². The first kappa shape index (κ1) is 26.2. The van der Waals surface area contributed by atoms with Crippen LogP contribution in [0, 0.1) is 0 Å². The van der Waals surface area contributed by atoms with Crippen LogP contribution in [0.3, 0.4) is 0 Å². The summed E-state index contributed by atoms with van der Waals surface area (Å²) in [6.07, 6.45) is 3.45. The monoisotopic (exact) mass is 534 g/mol. The van der Waals surface area contributed by atoms with Crippen molar-refractivity contribution in [2.24, 2.45) is 0 Å². The van der Waals surface area contributed by atoms with Gasteiger partial charge < -0.3 is 19.9 Å². The molecule has 1 heterocycles. The van der Waals surface area contributed by atoms with Gasteiger partial charge in [-0.15, -0.1) is 0 Å². The van der Waals surface area contributed by atoms with E-state index in [2.05, 4.69) is 15.5 Å². The molecule has 2 N–H and O–H groups in total. The number of para-hydroxylation sites is 1. The number of nitrogens with one attached hydrogen (secondary N) is 2. The van der Waals surface area contributed by atoms with Crippen LogP contribution >= 0.6 is 23.8 Å².